The Morgan fingerprint density at radius 3 is 2.45 bits per heavy atom. The zero-order chi connectivity index (χ0) is 15.2. The van der Waals surface area contributed by atoms with Gasteiger partial charge in [0.2, 0.25) is 5.28 Å². The largest absolute Gasteiger partial charge is 0.433 e. The molecule has 0 amide bonds. The second-order valence-electron chi connectivity index (χ2n) is 4.21. The van der Waals surface area contributed by atoms with Crippen molar-refractivity contribution >= 4 is 17.4 Å². The van der Waals surface area contributed by atoms with E-state index in [1.165, 1.54) is 0 Å². The number of alkyl halides is 3. The zero-order valence-corrected chi connectivity index (χ0v) is 12.2. The molecule has 20 heavy (non-hydrogen) atoms. The van der Waals surface area contributed by atoms with Gasteiger partial charge in [0.15, 0.2) is 5.69 Å². The van der Waals surface area contributed by atoms with Crippen LogP contribution in [0.4, 0.5) is 19.0 Å². The maximum Gasteiger partial charge on any atom is 0.433 e. The number of aromatic nitrogens is 2. The van der Waals surface area contributed by atoms with Crippen molar-refractivity contribution in [2.45, 2.75) is 26.4 Å². The minimum atomic E-state index is -4.52. The smallest absolute Gasteiger partial charge is 0.370 e. The van der Waals surface area contributed by atoms with Gasteiger partial charge in [-0.25, -0.2) is 9.97 Å². The van der Waals surface area contributed by atoms with Crippen molar-refractivity contribution in [2.75, 3.05) is 31.5 Å². The number of anilines is 1. The van der Waals surface area contributed by atoms with Gasteiger partial charge in [0.05, 0.1) is 0 Å². The highest BCUT2D eigenvalue weighted by Crippen LogP contribution is 2.29. The van der Waals surface area contributed by atoms with Gasteiger partial charge in [0.1, 0.15) is 5.82 Å². The van der Waals surface area contributed by atoms with Crippen LogP contribution in [0.15, 0.2) is 6.07 Å². The molecule has 0 unspecified atom stereocenters. The number of halogens is 4. The molecule has 1 aromatic rings. The quantitative estimate of drug-likeness (QED) is 0.620. The SMILES string of the molecule is CCN(CC)CCCNc1cc(C(F)(F)F)nc(Cl)n1. The third-order valence-corrected chi connectivity index (χ3v) is 3.01. The third kappa shape index (κ3) is 5.50. The summed E-state index contributed by atoms with van der Waals surface area (Å²) in [6.45, 7) is 7.45. The van der Waals surface area contributed by atoms with Gasteiger partial charge in [-0.3, -0.25) is 0 Å². The molecule has 0 saturated heterocycles. The van der Waals surface area contributed by atoms with Crippen LogP contribution in [0, 0.1) is 0 Å². The van der Waals surface area contributed by atoms with E-state index in [1.54, 1.807) is 0 Å². The molecule has 4 nitrogen and oxygen atoms in total. The van der Waals surface area contributed by atoms with Gasteiger partial charge in [-0.15, -0.1) is 0 Å². The van der Waals surface area contributed by atoms with Crippen molar-refractivity contribution in [3.63, 3.8) is 0 Å². The number of nitrogens with zero attached hydrogens (tertiary/aromatic N) is 3. The summed E-state index contributed by atoms with van der Waals surface area (Å²) in [5, 5.41) is 2.43. The Morgan fingerprint density at radius 2 is 1.90 bits per heavy atom. The van der Waals surface area contributed by atoms with Crippen molar-refractivity contribution in [1.82, 2.24) is 14.9 Å². The zero-order valence-electron chi connectivity index (χ0n) is 11.5. The summed E-state index contributed by atoms with van der Waals surface area (Å²) in [6.07, 6.45) is -3.71. The summed E-state index contributed by atoms with van der Waals surface area (Å²) in [4.78, 5) is 9.14. The van der Waals surface area contributed by atoms with Crippen LogP contribution in [0.5, 0.6) is 0 Å². The normalized spacial score (nSPS) is 11.9. The first-order valence-electron chi connectivity index (χ1n) is 6.44. The molecular formula is C12H18ClF3N4. The highest BCUT2D eigenvalue weighted by molar-refractivity contribution is 6.28. The van der Waals surface area contributed by atoms with Crippen LogP contribution < -0.4 is 5.32 Å². The average Bonchev–Trinajstić information content (AvgIpc) is 2.37. The molecule has 8 heteroatoms. The fourth-order valence-corrected chi connectivity index (χ4v) is 1.89. The fraction of sp³-hybridized carbons (Fsp3) is 0.667. The van der Waals surface area contributed by atoms with Crippen LogP contribution in [0.25, 0.3) is 0 Å². The lowest BCUT2D eigenvalue weighted by atomic mass is 10.3. The van der Waals surface area contributed by atoms with Crippen molar-refractivity contribution in [1.29, 1.82) is 0 Å². The minimum absolute atomic E-state index is 0.0943. The van der Waals surface area contributed by atoms with E-state index in [-0.39, 0.29) is 5.82 Å². The molecule has 0 radical (unpaired) electrons. The van der Waals surface area contributed by atoms with E-state index in [4.69, 9.17) is 11.6 Å². The fourth-order valence-electron chi connectivity index (χ4n) is 1.71. The summed E-state index contributed by atoms with van der Waals surface area (Å²) in [5.74, 6) is 0.0943. The molecule has 1 rings (SSSR count). The summed E-state index contributed by atoms with van der Waals surface area (Å²) in [5.41, 5.74) is -1.04. The van der Waals surface area contributed by atoms with Crippen molar-refractivity contribution in [3.8, 4) is 0 Å². The van der Waals surface area contributed by atoms with E-state index in [9.17, 15) is 13.2 Å². The van der Waals surface area contributed by atoms with Gasteiger partial charge in [0, 0.05) is 12.6 Å². The standard InChI is InChI=1S/C12H18ClF3N4/c1-3-20(4-2)7-5-6-17-10-8-9(12(14,15)16)18-11(13)19-10/h8H,3-7H2,1-2H3,(H,17,18,19). The molecule has 1 heterocycles. The molecule has 1 aromatic heterocycles. The Bertz CT molecular complexity index is 422. The van der Waals surface area contributed by atoms with E-state index in [0.717, 1.165) is 32.1 Å². The van der Waals surface area contributed by atoms with Crippen LogP contribution >= 0.6 is 11.6 Å². The Hall–Kier alpha value is -1.08. The Labute approximate surface area is 121 Å². The first kappa shape index (κ1) is 17.0. The summed E-state index contributed by atoms with van der Waals surface area (Å²) in [6, 6.07) is 0.864. The molecule has 0 aliphatic heterocycles. The molecule has 114 valence electrons. The maximum atomic E-state index is 12.6. The molecule has 1 N–H and O–H groups in total. The Kier molecular flexibility index (Phi) is 6.48. The third-order valence-electron chi connectivity index (χ3n) is 2.84. The van der Waals surface area contributed by atoms with E-state index in [0.29, 0.717) is 6.54 Å². The molecule has 0 atom stereocenters. The molecule has 0 fully saturated rings. The van der Waals surface area contributed by atoms with E-state index >= 15 is 0 Å². The van der Waals surface area contributed by atoms with Crippen LogP contribution in [0.1, 0.15) is 26.0 Å². The molecule has 0 bridgehead atoms. The van der Waals surface area contributed by atoms with Crippen LogP contribution in [-0.2, 0) is 6.18 Å². The van der Waals surface area contributed by atoms with E-state index in [2.05, 4.69) is 34.0 Å². The highest BCUT2D eigenvalue weighted by atomic mass is 35.5. The summed E-state index contributed by atoms with van der Waals surface area (Å²) < 4.78 is 37.7. The molecule has 0 aromatic carbocycles. The van der Waals surface area contributed by atoms with Crippen molar-refractivity contribution in [2.24, 2.45) is 0 Å². The molecule has 0 saturated carbocycles. The molecule has 0 spiro atoms. The van der Waals surface area contributed by atoms with Gasteiger partial charge < -0.3 is 10.2 Å². The molecule has 0 aliphatic carbocycles. The molecular weight excluding hydrogens is 293 g/mol. The van der Waals surface area contributed by atoms with Crippen LogP contribution in [0.2, 0.25) is 5.28 Å². The summed E-state index contributed by atoms with van der Waals surface area (Å²) in [7, 11) is 0. The Morgan fingerprint density at radius 1 is 1.25 bits per heavy atom. The van der Waals surface area contributed by atoms with Crippen molar-refractivity contribution < 1.29 is 13.2 Å². The second kappa shape index (κ2) is 7.64. The monoisotopic (exact) mass is 310 g/mol. The predicted octanol–water partition coefficient (Wildman–Crippen LogP) is 3.29. The number of rotatable bonds is 7. The van der Waals surface area contributed by atoms with Crippen LogP contribution in [0.3, 0.4) is 0 Å². The highest BCUT2D eigenvalue weighted by Gasteiger charge is 2.33. The second-order valence-corrected chi connectivity index (χ2v) is 4.55. The van der Waals surface area contributed by atoms with E-state index in [1.807, 2.05) is 0 Å². The van der Waals surface area contributed by atoms with Gasteiger partial charge in [0.25, 0.3) is 0 Å². The average molecular weight is 311 g/mol. The number of hydrogen-bond acceptors (Lipinski definition) is 4. The van der Waals surface area contributed by atoms with Gasteiger partial charge in [-0.05, 0) is 37.7 Å². The Balaban J connectivity index is 2.54. The van der Waals surface area contributed by atoms with Gasteiger partial charge in [-0.2, -0.15) is 13.2 Å². The lowest BCUT2D eigenvalue weighted by Crippen LogP contribution is -2.25. The lowest BCUT2D eigenvalue weighted by molar-refractivity contribution is -0.141. The van der Waals surface area contributed by atoms with Gasteiger partial charge in [-0.1, -0.05) is 13.8 Å². The molecule has 0 aliphatic rings. The van der Waals surface area contributed by atoms with Crippen LogP contribution in [-0.4, -0.2) is 41.0 Å². The maximum absolute atomic E-state index is 12.6. The topological polar surface area (TPSA) is 41.0 Å². The predicted molar refractivity (Wildman–Crippen MR) is 72.9 cm³/mol. The number of nitrogens with one attached hydrogen (secondary N) is 1. The number of hydrogen-bond donors (Lipinski definition) is 1. The first-order chi connectivity index (χ1) is 9.36. The summed E-state index contributed by atoms with van der Waals surface area (Å²) >= 11 is 5.49. The lowest BCUT2D eigenvalue weighted by Gasteiger charge is -2.17. The first-order valence-corrected chi connectivity index (χ1v) is 6.82. The minimum Gasteiger partial charge on any atom is -0.370 e. The van der Waals surface area contributed by atoms with E-state index < -0.39 is 17.2 Å². The van der Waals surface area contributed by atoms with Gasteiger partial charge >= 0.3 is 6.18 Å². The van der Waals surface area contributed by atoms with Crippen molar-refractivity contribution in [3.05, 3.63) is 17.0 Å².